The van der Waals surface area contributed by atoms with Crippen LogP contribution in [0.4, 0.5) is 8.78 Å². The lowest BCUT2D eigenvalue weighted by Gasteiger charge is -2.07. The molecule has 0 saturated carbocycles. The molecule has 3 heteroatoms. The summed E-state index contributed by atoms with van der Waals surface area (Å²) in [5.41, 5.74) is 0.0729. The number of aliphatic hydroxyl groups is 1. The van der Waals surface area contributed by atoms with Gasteiger partial charge < -0.3 is 5.11 Å². The SMILES string of the molecule is OCC1=CCCC(F)=C1F. The average Bonchev–Trinajstić information content (AvgIpc) is 1.95. The average molecular weight is 146 g/mol. The monoisotopic (exact) mass is 146 g/mol. The van der Waals surface area contributed by atoms with Crippen molar-refractivity contribution < 1.29 is 13.9 Å². The van der Waals surface area contributed by atoms with Gasteiger partial charge in [0.05, 0.1) is 6.61 Å². The molecule has 0 aromatic heterocycles. The van der Waals surface area contributed by atoms with Gasteiger partial charge in [-0.3, -0.25) is 0 Å². The first-order valence-corrected chi connectivity index (χ1v) is 3.10. The van der Waals surface area contributed by atoms with Crippen molar-refractivity contribution in [1.82, 2.24) is 0 Å². The third kappa shape index (κ3) is 1.24. The first kappa shape index (κ1) is 7.41. The molecule has 10 heavy (non-hydrogen) atoms. The van der Waals surface area contributed by atoms with E-state index in [4.69, 9.17) is 5.11 Å². The van der Waals surface area contributed by atoms with Gasteiger partial charge in [0, 0.05) is 12.0 Å². The van der Waals surface area contributed by atoms with Crippen molar-refractivity contribution in [2.45, 2.75) is 12.8 Å². The second-order valence-corrected chi connectivity index (χ2v) is 2.15. The Bertz CT molecular complexity index is 194. The van der Waals surface area contributed by atoms with Gasteiger partial charge in [0.2, 0.25) is 0 Å². The molecule has 0 atom stereocenters. The lowest BCUT2D eigenvalue weighted by atomic mass is 10.1. The van der Waals surface area contributed by atoms with Gasteiger partial charge in [0.15, 0.2) is 5.83 Å². The van der Waals surface area contributed by atoms with Crippen molar-refractivity contribution in [3.63, 3.8) is 0 Å². The Morgan fingerprint density at radius 2 is 2.20 bits per heavy atom. The van der Waals surface area contributed by atoms with Crippen LogP contribution in [0.2, 0.25) is 0 Å². The molecule has 0 heterocycles. The normalized spacial score (nSPS) is 19.3. The van der Waals surface area contributed by atoms with Crippen LogP contribution in [0.25, 0.3) is 0 Å². The molecule has 1 aliphatic rings. The van der Waals surface area contributed by atoms with Gasteiger partial charge in [0.1, 0.15) is 5.83 Å². The van der Waals surface area contributed by atoms with E-state index in [1.54, 1.807) is 0 Å². The summed E-state index contributed by atoms with van der Waals surface area (Å²) in [5.74, 6) is -1.62. The Morgan fingerprint density at radius 3 is 2.70 bits per heavy atom. The molecule has 56 valence electrons. The Morgan fingerprint density at radius 1 is 1.50 bits per heavy atom. The molecule has 0 fully saturated rings. The molecular weight excluding hydrogens is 138 g/mol. The number of rotatable bonds is 1. The van der Waals surface area contributed by atoms with Crippen molar-refractivity contribution >= 4 is 0 Å². The third-order valence-corrected chi connectivity index (χ3v) is 1.45. The van der Waals surface area contributed by atoms with E-state index < -0.39 is 18.3 Å². The van der Waals surface area contributed by atoms with Gasteiger partial charge in [-0.1, -0.05) is 6.08 Å². The fourth-order valence-electron chi connectivity index (χ4n) is 0.881. The molecular formula is C7H8F2O. The summed E-state index contributed by atoms with van der Waals surface area (Å²) >= 11 is 0. The third-order valence-electron chi connectivity index (χ3n) is 1.45. The van der Waals surface area contributed by atoms with E-state index >= 15 is 0 Å². The summed E-state index contributed by atoms with van der Waals surface area (Å²) in [6, 6.07) is 0. The zero-order valence-corrected chi connectivity index (χ0v) is 5.40. The topological polar surface area (TPSA) is 20.2 Å². The Kier molecular flexibility index (Phi) is 2.17. The van der Waals surface area contributed by atoms with Crippen LogP contribution < -0.4 is 0 Å². The fourth-order valence-corrected chi connectivity index (χ4v) is 0.881. The maximum atomic E-state index is 12.5. The highest BCUT2D eigenvalue weighted by Gasteiger charge is 2.14. The number of allylic oxidation sites excluding steroid dienone is 2. The molecule has 1 N–H and O–H groups in total. The van der Waals surface area contributed by atoms with E-state index in [1.807, 2.05) is 0 Å². The highest BCUT2D eigenvalue weighted by atomic mass is 19.2. The summed E-state index contributed by atoms with van der Waals surface area (Å²) in [6.07, 6.45) is 2.11. The van der Waals surface area contributed by atoms with E-state index in [-0.39, 0.29) is 12.0 Å². The predicted octanol–water partition coefficient (Wildman–Crippen LogP) is 1.85. The largest absolute Gasteiger partial charge is 0.392 e. The number of aliphatic hydroxyl groups excluding tert-OH is 1. The van der Waals surface area contributed by atoms with E-state index in [9.17, 15) is 8.78 Å². The van der Waals surface area contributed by atoms with Crippen molar-refractivity contribution in [2.75, 3.05) is 6.61 Å². The highest BCUT2D eigenvalue weighted by molar-refractivity contribution is 5.31. The quantitative estimate of drug-likeness (QED) is 0.598. The lowest BCUT2D eigenvalue weighted by Crippen LogP contribution is -1.98. The molecule has 0 unspecified atom stereocenters. The van der Waals surface area contributed by atoms with Gasteiger partial charge >= 0.3 is 0 Å². The van der Waals surface area contributed by atoms with Crippen molar-refractivity contribution in [3.8, 4) is 0 Å². The summed E-state index contributed by atoms with van der Waals surface area (Å²) < 4.78 is 24.9. The predicted molar refractivity (Wildman–Crippen MR) is 33.6 cm³/mol. The first-order valence-electron chi connectivity index (χ1n) is 3.10. The lowest BCUT2D eigenvalue weighted by molar-refractivity contribution is 0.323. The Hall–Kier alpha value is -0.700. The maximum Gasteiger partial charge on any atom is 0.159 e. The molecule has 0 aromatic rings. The molecule has 0 radical (unpaired) electrons. The zero-order chi connectivity index (χ0) is 7.56. The van der Waals surface area contributed by atoms with Crippen LogP contribution in [0.1, 0.15) is 12.8 Å². The molecule has 0 amide bonds. The molecule has 1 nitrogen and oxygen atoms in total. The first-order chi connectivity index (χ1) is 4.75. The molecule has 0 aliphatic heterocycles. The van der Waals surface area contributed by atoms with E-state index in [0.717, 1.165) is 0 Å². The summed E-state index contributed by atoms with van der Waals surface area (Å²) in [6.45, 7) is -0.417. The van der Waals surface area contributed by atoms with Crippen LogP contribution in [0.3, 0.4) is 0 Å². The van der Waals surface area contributed by atoms with E-state index in [0.29, 0.717) is 6.42 Å². The second-order valence-electron chi connectivity index (χ2n) is 2.15. The van der Waals surface area contributed by atoms with Crippen LogP contribution >= 0.6 is 0 Å². The van der Waals surface area contributed by atoms with Crippen molar-refractivity contribution in [3.05, 3.63) is 23.3 Å². The Labute approximate surface area is 57.7 Å². The fraction of sp³-hybridized carbons (Fsp3) is 0.429. The minimum atomic E-state index is -0.881. The van der Waals surface area contributed by atoms with Crippen LogP contribution in [-0.2, 0) is 0 Å². The van der Waals surface area contributed by atoms with E-state index in [1.165, 1.54) is 6.08 Å². The summed E-state index contributed by atoms with van der Waals surface area (Å²) in [5, 5.41) is 8.47. The van der Waals surface area contributed by atoms with Crippen LogP contribution in [-0.4, -0.2) is 11.7 Å². The number of hydrogen-bond acceptors (Lipinski definition) is 1. The van der Waals surface area contributed by atoms with Crippen LogP contribution in [0, 0.1) is 0 Å². The number of hydrogen-bond donors (Lipinski definition) is 1. The second kappa shape index (κ2) is 2.92. The molecule has 0 saturated heterocycles. The molecule has 1 rings (SSSR count). The number of halogens is 2. The van der Waals surface area contributed by atoms with Crippen molar-refractivity contribution in [1.29, 1.82) is 0 Å². The smallest absolute Gasteiger partial charge is 0.159 e. The minimum Gasteiger partial charge on any atom is -0.392 e. The summed E-state index contributed by atoms with van der Waals surface area (Å²) in [4.78, 5) is 0. The highest BCUT2D eigenvalue weighted by Crippen LogP contribution is 2.26. The molecule has 0 aromatic carbocycles. The van der Waals surface area contributed by atoms with Crippen molar-refractivity contribution in [2.24, 2.45) is 0 Å². The molecule has 0 bridgehead atoms. The van der Waals surface area contributed by atoms with Gasteiger partial charge in [0.25, 0.3) is 0 Å². The van der Waals surface area contributed by atoms with Crippen LogP contribution in [0.15, 0.2) is 23.3 Å². The van der Waals surface area contributed by atoms with Gasteiger partial charge in [-0.15, -0.1) is 0 Å². The maximum absolute atomic E-state index is 12.5. The minimum absolute atomic E-state index is 0.0729. The van der Waals surface area contributed by atoms with Gasteiger partial charge in [-0.2, -0.15) is 0 Å². The summed E-state index contributed by atoms with van der Waals surface area (Å²) in [7, 11) is 0. The van der Waals surface area contributed by atoms with E-state index in [2.05, 4.69) is 0 Å². The van der Waals surface area contributed by atoms with Crippen LogP contribution in [0.5, 0.6) is 0 Å². The Balaban J connectivity index is 2.83. The molecule has 1 aliphatic carbocycles. The zero-order valence-electron chi connectivity index (χ0n) is 5.40. The molecule has 0 spiro atoms. The van der Waals surface area contributed by atoms with Gasteiger partial charge in [-0.25, -0.2) is 8.78 Å². The van der Waals surface area contributed by atoms with Gasteiger partial charge in [-0.05, 0) is 6.42 Å². The standard InChI is InChI=1S/C7H8F2O/c8-6-3-1-2-5(4-10)7(6)9/h2,10H,1,3-4H2.